The first kappa shape index (κ1) is 14.2. The third kappa shape index (κ3) is 4.44. The van der Waals surface area contributed by atoms with E-state index in [2.05, 4.69) is 42.5 Å². The van der Waals surface area contributed by atoms with Crippen molar-refractivity contribution in [1.29, 1.82) is 0 Å². The fraction of sp³-hybridized carbons (Fsp3) is 0.375. The minimum Gasteiger partial charge on any atom is -0.772 e. The maximum Gasteiger partial charge on any atom is 0.0102 e. The van der Waals surface area contributed by atoms with Crippen LogP contribution in [0.1, 0.15) is 31.2 Å². The van der Waals surface area contributed by atoms with E-state index < -0.39 is 11.1 Å². The Morgan fingerprint density at radius 3 is 2.47 bits per heavy atom. The lowest BCUT2D eigenvalue weighted by Crippen LogP contribution is -1.95. The molecule has 2 aromatic rings. The molecule has 3 heteroatoms. The molecule has 2 aromatic carbocycles. The second-order valence-electron chi connectivity index (χ2n) is 4.81. The Morgan fingerprint density at radius 1 is 0.895 bits per heavy atom. The number of aryl methyl sites for hydroxylation is 1. The first-order chi connectivity index (χ1) is 9.27. The summed E-state index contributed by atoms with van der Waals surface area (Å²) in [6.45, 7) is 0. The van der Waals surface area contributed by atoms with Gasteiger partial charge in [-0.1, -0.05) is 66.4 Å². The largest absolute Gasteiger partial charge is 0.772 e. The third-order valence-corrected chi connectivity index (χ3v) is 4.01. The van der Waals surface area contributed by atoms with Crippen LogP contribution in [0.25, 0.3) is 10.8 Å². The van der Waals surface area contributed by atoms with Crippen LogP contribution in [-0.2, 0) is 17.5 Å². The highest BCUT2D eigenvalue weighted by atomic mass is 32.2. The van der Waals surface area contributed by atoms with Gasteiger partial charge < -0.3 is 4.55 Å². The zero-order chi connectivity index (χ0) is 13.5. The lowest BCUT2D eigenvalue weighted by molar-refractivity contribution is 0.532. The summed E-state index contributed by atoms with van der Waals surface area (Å²) in [4.78, 5) is 0. The highest BCUT2D eigenvalue weighted by molar-refractivity contribution is 7.79. The van der Waals surface area contributed by atoms with Crippen LogP contribution in [0.3, 0.4) is 0 Å². The van der Waals surface area contributed by atoms with Crippen LogP contribution >= 0.6 is 0 Å². The molecule has 0 N–H and O–H groups in total. The molecule has 0 saturated carbocycles. The Kier molecular flexibility index (Phi) is 5.55. The van der Waals surface area contributed by atoms with Crippen molar-refractivity contribution < 1.29 is 8.76 Å². The summed E-state index contributed by atoms with van der Waals surface area (Å²) in [5.74, 6) is 0.300. The average Bonchev–Trinajstić information content (AvgIpc) is 2.42. The van der Waals surface area contributed by atoms with Crippen molar-refractivity contribution >= 4 is 21.9 Å². The van der Waals surface area contributed by atoms with Crippen LogP contribution < -0.4 is 0 Å². The second kappa shape index (κ2) is 7.41. The zero-order valence-corrected chi connectivity index (χ0v) is 11.8. The second-order valence-corrected chi connectivity index (χ2v) is 5.83. The normalized spacial score (nSPS) is 12.7. The lowest BCUT2D eigenvalue weighted by Gasteiger charge is -2.07. The fourth-order valence-electron chi connectivity index (χ4n) is 2.40. The van der Waals surface area contributed by atoms with Crippen molar-refractivity contribution in [3.63, 3.8) is 0 Å². The molecule has 0 bridgehead atoms. The van der Waals surface area contributed by atoms with Gasteiger partial charge in [0, 0.05) is 5.75 Å². The zero-order valence-electron chi connectivity index (χ0n) is 11.0. The minimum absolute atomic E-state index is 0.300. The predicted molar refractivity (Wildman–Crippen MR) is 79.9 cm³/mol. The van der Waals surface area contributed by atoms with Gasteiger partial charge in [0.2, 0.25) is 0 Å². The van der Waals surface area contributed by atoms with Crippen molar-refractivity contribution in [2.45, 2.75) is 32.1 Å². The molecular weight excluding hydrogens is 256 g/mol. The van der Waals surface area contributed by atoms with E-state index in [0.29, 0.717) is 5.75 Å². The number of fused-ring (bicyclic) bond motifs is 1. The van der Waals surface area contributed by atoms with E-state index in [0.717, 1.165) is 32.1 Å². The van der Waals surface area contributed by atoms with Gasteiger partial charge in [0.1, 0.15) is 0 Å². The Hall–Kier alpha value is -1.19. The predicted octanol–water partition coefficient (Wildman–Crippen LogP) is 3.82. The standard InChI is InChI=1S/C16H20O2S/c17-19(18)13-6-2-1-3-8-14-10-7-11-15-9-4-5-12-16(14)15/h4-5,7,9-12H,1-3,6,8,13H2,(H,17,18)/p-1. The van der Waals surface area contributed by atoms with E-state index in [4.69, 9.17) is 0 Å². The van der Waals surface area contributed by atoms with Gasteiger partial charge in [-0.05, 0) is 35.6 Å². The molecule has 19 heavy (non-hydrogen) atoms. The number of unbranched alkanes of at least 4 members (excludes halogenated alkanes) is 3. The molecule has 0 amide bonds. The topological polar surface area (TPSA) is 40.1 Å². The summed E-state index contributed by atoms with van der Waals surface area (Å²) >= 11 is -1.88. The summed E-state index contributed by atoms with van der Waals surface area (Å²) in [6, 6.07) is 14.9. The summed E-state index contributed by atoms with van der Waals surface area (Å²) in [6.07, 6.45) is 5.08. The van der Waals surface area contributed by atoms with Gasteiger partial charge in [-0.2, -0.15) is 0 Å². The van der Waals surface area contributed by atoms with E-state index in [9.17, 15) is 8.76 Å². The third-order valence-electron chi connectivity index (χ3n) is 3.39. The van der Waals surface area contributed by atoms with Gasteiger partial charge in [-0.15, -0.1) is 0 Å². The van der Waals surface area contributed by atoms with E-state index >= 15 is 0 Å². The molecule has 0 spiro atoms. The Labute approximate surface area is 117 Å². The lowest BCUT2D eigenvalue weighted by atomic mass is 9.99. The first-order valence-electron chi connectivity index (χ1n) is 6.80. The molecule has 0 aromatic heterocycles. The fourth-order valence-corrected chi connectivity index (χ4v) is 2.84. The summed E-state index contributed by atoms with van der Waals surface area (Å²) in [5, 5.41) is 2.63. The minimum atomic E-state index is -1.88. The van der Waals surface area contributed by atoms with Crippen LogP contribution in [0, 0.1) is 0 Å². The smallest absolute Gasteiger partial charge is 0.0102 e. The van der Waals surface area contributed by atoms with Crippen molar-refractivity contribution in [2.24, 2.45) is 0 Å². The van der Waals surface area contributed by atoms with Gasteiger partial charge in [-0.25, -0.2) is 0 Å². The molecule has 0 saturated heterocycles. The molecule has 0 aliphatic carbocycles. The van der Waals surface area contributed by atoms with Crippen LogP contribution in [0.5, 0.6) is 0 Å². The van der Waals surface area contributed by atoms with Gasteiger partial charge in [0.25, 0.3) is 0 Å². The molecular formula is C16H19O2S-. The van der Waals surface area contributed by atoms with Crippen LogP contribution in [-0.4, -0.2) is 14.5 Å². The van der Waals surface area contributed by atoms with Crippen molar-refractivity contribution in [1.82, 2.24) is 0 Å². The molecule has 0 aliphatic heterocycles. The summed E-state index contributed by atoms with van der Waals surface area (Å²) < 4.78 is 20.8. The van der Waals surface area contributed by atoms with Crippen LogP contribution in [0.4, 0.5) is 0 Å². The Balaban J connectivity index is 1.83. The highest BCUT2D eigenvalue weighted by Crippen LogP contribution is 2.20. The van der Waals surface area contributed by atoms with E-state index in [1.165, 1.54) is 16.3 Å². The molecule has 1 atom stereocenters. The van der Waals surface area contributed by atoms with E-state index in [-0.39, 0.29) is 0 Å². The molecule has 2 rings (SSSR count). The molecule has 0 radical (unpaired) electrons. The van der Waals surface area contributed by atoms with Crippen molar-refractivity contribution in [3.8, 4) is 0 Å². The quantitative estimate of drug-likeness (QED) is 0.569. The monoisotopic (exact) mass is 275 g/mol. The SMILES string of the molecule is O=S([O-])CCCCCCc1cccc2ccccc12. The molecule has 1 unspecified atom stereocenters. The number of hydrogen-bond acceptors (Lipinski definition) is 2. The Morgan fingerprint density at radius 2 is 1.63 bits per heavy atom. The molecule has 102 valence electrons. The van der Waals surface area contributed by atoms with Gasteiger partial charge in [0.15, 0.2) is 0 Å². The van der Waals surface area contributed by atoms with Crippen LogP contribution in [0.2, 0.25) is 0 Å². The molecule has 0 aliphatic rings. The molecule has 2 nitrogen and oxygen atoms in total. The van der Waals surface area contributed by atoms with Crippen molar-refractivity contribution in [3.05, 3.63) is 48.0 Å². The summed E-state index contributed by atoms with van der Waals surface area (Å²) in [7, 11) is 0. The van der Waals surface area contributed by atoms with Crippen LogP contribution in [0.15, 0.2) is 42.5 Å². The maximum atomic E-state index is 10.4. The van der Waals surface area contributed by atoms with Gasteiger partial charge >= 0.3 is 0 Å². The molecule has 0 fully saturated rings. The number of rotatable bonds is 7. The van der Waals surface area contributed by atoms with Gasteiger partial charge in [0.05, 0.1) is 0 Å². The van der Waals surface area contributed by atoms with E-state index in [1.807, 2.05) is 0 Å². The number of hydrogen-bond donors (Lipinski definition) is 0. The maximum absolute atomic E-state index is 10.4. The highest BCUT2D eigenvalue weighted by Gasteiger charge is 2.00. The first-order valence-corrected chi connectivity index (χ1v) is 8.04. The Bertz CT molecular complexity index is 546. The van der Waals surface area contributed by atoms with Crippen molar-refractivity contribution in [2.75, 3.05) is 5.75 Å². The van der Waals surface area contributed by atoms with E-state index in [1.54, 1.807) is 0 Å². The number of benzene rings is 2. The molecule has 0 heterocycles. The summed E-state index contributed by atoms with van der Waals surface area (Å²) in [5.41, 5.74) is 1.39. The average molecular weight is 275 g/mol. The van der Waals surface area contributed by atoms with Gasteiger partial charge in [-0.3, -0.25) is 4.21 Å².